The van der Waals surface area contributed by atoms with E-state index in [-0.39, 0.29) is 5.71 Å². The number of aromatic nitrogens is 1. The van der Waals surface area contributed by atoms with Gasteiger partial charge in [-0.05, 0) is 41.5 Å². The highest BCUT2D eigenvalue weighted by atomic mass is 32.1. The Hall–Kier alpha value is -1.63. The van der Waals surface area contributed by atoms with Crippen LogP contribution in [-0.2, 0) is 14.4 Å². The molecule has 0 saturated heterocycles. The van der Waals surface area contributed by atoms with Crippen molar-refractivity contribution in [2.24, 2.45) is 5.16 Å². The molecule has 6 nitrogen and oxygen atoms in total. The Morgan fingerprint density at radius 1 is 1.25 bits per heavy atom. The number of nitrogen functional groups attached to an aromatic ring is 1. The topological polar surface area (TPSA) is 86.8 Å². The number of hydrogen-bond acceptors (Lipinski definition) is 7. The van der Waals surface area contributed by atoms with E-state index >= 15 is 0 Å². The van der Waals surface area contributed by atoms with E-state index in [4.69, 9.17) is 15.3 Å². The Bertz CT molecular complexity index is 510. The smallest absolute Gasteiger partial charge is 0.363 e. The van der Waals surface area contributed by atoms with E-state index in [2.05, 4.69) is 10.1 Å². The van der Waals surface area contributed by atoms with Gasteiger partial charge in [-0.3, -0.25) is 0 Å². The molecule has 0 aliphatic heterocycles. The number of carbonyl (C=O) groups excluding carboxylic acids is 1. The largest absolute Gasteiger partial charge is 0.455 e. The van der Waals surface area contributed by atoms with Crippen molar-refractivity contribution in [2.45, 2.75) is 52.7 Å². The molecule has 0 atom stereocenters. The molecule has 1 aromatic heterocycles. The predicted octanol–water partition coefficient (Wildman–Crippen LogP) is 2.59. The van der Waals surface area contributed by atoms with E-state index in [1.807, 2.05) is 20.8 Å². The number of ether oxygens (including phenoxy) is 1. The minimum Gasteiger partial charge on any atom is -0.455 e. The minimum atomic E-state index is -0.624. The van der Waals surface area contributed by atoms with Crippen molar-refractivity contribution >= 4 is 28.1 Å². The van der Waals surface area contributed by atoms with E-state index in [0.717, 1.165) is 0 Å². The summed E-state index contributed by atoms with van der Waals surface area (Å²) in [4.78, 5) is 21.5. The van der Waals surface area contributed by atoms with Crippen LogP contribution in [0.15, 0.2) is 10.5 Å². The monoisotopic (exact) mass is 299 g/mol. The van der Waals surface area contributed by atoms with Crippen LogP contribution in [0.2, 0.25) is 0 Å². The van der Waals surface area contributed by atoms with Gasteiger partial charge in [0.25, 0.3) is 0 Å². The van der Waals surface area contributed by atoms with Crippen LogP contribution < -0.4 is 5.73 Å². The van der Waals surface area contributed by atoms with Gasteiger partial charge in [-0.1, -0.05) is 5.16 Å². The zero-order valence-electron chi connectivity index (χ0n) is 12.7. The van der Waals surface area contributed by atoms with Gasteiger partial charge >= 0.3 is 5.97 Å². The van der Waals surface area contributed by atoms with Crippen molar-refractivity contribution in [3.63, 3.8) is 0 Å². The Morgan fingerprint density at radius 3 is 2.25 bits per heavy atom. The summed E-state index contributed by atoms with van der Waals surface area (Å²) in [5.41, 5.74) is 4.81. The molecule has 0 aromatic carbocycles. The summed E-state index contributed by atoms with van der Waals surface area (Å²) in [6, 6.07) is 0. The maximum atomic E-state index is 12.2. The van der Waals surface area contributed by atoms with Crippen molar-refractivity contribution in [2.75, 3.05) is 5.73 Å². The Morgan fingerprint density at radius 2 is 1.85 bits per heavy atom. The number of rotatable bonds is 3. The number of nitrogens with zero attached hydrogens (tertiary/aromatic N) is 2. The van der Waals surface area contributed by atoms with Crippen molar-refractivity contribution < 1.29 is 14.4 Å². The average molecular weight is 299 g/mol. The fraction of sp³-hybridized carbons (Fsp3) is 0.615. The van der Waals surface area contributed by atoms with Gasteiger partial charge in [0.1, 0.15) is 16.9 Å². The van der Waals surface area contributed by atoms with Gasteiger partial charge in [-0.25, -0.2) is 9.78 Å². The minimum absolute atomic E-state index is 0.0165. The Labute approximate surface area is 123 Å². The average Bonchev–Trinajstić information content (AvgIpc) is 2.60. The third kappa shape index (κ3) is 5.56. The summed E-state index contributed by atoms with van der Waals surface area (Å²) in [6.45, 7) is 10.8. The lowest BCUT2D eigenvalue weighted by atomic mass is 10.2. The molecule has 0 amide bonds. The zero-order valence-corrected chi connectivity index (χ0v) is 13.5. The highest BCUT2D eigenvalue weighted by Crippen LogP contribution is 2.17. The van der Waals surface area contributed by atoms with E-state index < -0.39 is 17.2 Å². The van der Waals surface area contributed by atoms with Crippen LogP contribution in [0.4, 0.5) is 5.13 Å². The number of anilines is 1. The van der Waals surface area contributed by atoms with Crippen molar-refractivity contribution in [1.82, 2.24) is 4.98 Å². The second-order valence-corrected chi connectivity index (χ2v) is 7.11. The lowest BCUT2D eigenvalue weighted by Gasteiger charge is -2.20. The molecule has 20 heavy (non-hydrogen) atoms. The number of hydrogen-bond donors (Lipinski definition) is 1. The van der Waals surface area contributed by atoms with Gasteiger partial charge in [-0.2, -0.15) is 0 Å². The van der Waals surface area contributed by atoms with Crippen LogP contribution in [-0.4, -0.2) is 27.9 Å². The fourth-order valence-electron chi connectivity index (χ4n) is 1.09. The maximum Gasteiger partial charge on any atom is 0.363 e. The van der Waals surface area contributed by atoms with Gasteiger partial charge in [0, 0.05) is 5.38 Å². The van der Waals surface area contributed by atoms with Gasteiger partial charge in [0.15, 0.2) is 5.13 Å². The molecule has 0 saturated carbocycles. The molecule has 1 heterocycles. The molecular weight excluding hydrogens is 278 g/mol. The highest BCUT2D eigenvalue weighted by molar-refractivity contribution is 7.13. The van der Waals surface area contributed by atoms with Crippen molar-refractivity contribution in [1.29, 1.82) is 0 Å². The number of esters is 1. The molecule has 0 unspecified atom stereocenters. The van der Waals surface area contributed by atoms with Crippen LogP contribution in [0.3, 0.4) is 0 Å². The van der Waals surface area contributed by atoms with Crippen LogP contribution in [0.25, 0.3) is 0 Å². The first-order valence-electron chi connectivity index (χ1n) is 6.19. The summed E-state index contributed by atoms with van der Waals surface area (Å²) >= 11 is 1.22. The maximum absolute atomic E-state index is 12.2. The molecule has 0 radical (unpaired) electrons. The number of thiazole rings is 1. The van der Waals surface area contributed by atoms with E-state index in [1.54, 1.807) is 26.2 Å². The lowest BCUT2D eigenvalue weighted by molar-refractivity contribution is -0.146. The van der Waals surface area contributed by atoms with Gasteiger partial charge in [0.2, 0.25) is 5.71 Å². The molecule has 0 aliphatic rings. The molecule has 0 spiro atoms. The summed E-state index contributed by atoms with van der Waals surface area (Å²) < 4.78 is 5.30. The van der Waals surface area contributed by atoms with Gasteiger partial charge in [-0.15, -0.1) is 11.3 Å². The zero-order chi connectivity index (χ0) is 15.6. The molecule has 0 bridgehead atoms. The fourth-order valence-corrected chi connectivity index (χ4v) is 1.64. The van der Waals surface area contributed by atoms with Crippen LogP contribution >= 0.6 is 11.3 Å². The Kier molecular flexibility index (Phi) is 4.75. The van der Waals surface area contributed by atoms with Crippen molar-refractivity contribution in [3.05, 3.63) is 11.1 Å². The van der Waals surface area contributed by atoms with Gasteiger partial charge < -0.3 is 15.3 Å². The molecule has 7 heteroatoms. The first-order chi connectivity index (χ1) is 8.98. The highest BCUT2D eigenvalue weighted by Gasteiger charge is 2.26. The van der Waals surface area contributed by atoms with Crippen LogP contribution in [0, 0.1) is 0 Å². The second kappa shape index (κ2) is 5.78. The molecule has 1 rings (SSSR count). The second-order valence-electron chi connectivity index (χ2n) is 6.22. The number of nitrogens with two attached hydrogens (primary N) is 1. The first-order valence-corrected chi connectivity index (χ1v) is 7.07. The van der Waals surface area contributed by atoms with Crippen LogP contribution in [0.5, 0.6) is 0 Å². The van der Waals surface area contributed by atoms with E-state index in [1.165, 1.54) is 11.3 Å². The third-order valence-corrected chi connectivity index (χ3v) is 2.44. The summed E-state index contributed by atoms with van der Waals surface area (Å²) in [6.07, 6.45) is 0. The molecule has 1 aromatic rings. The third-order valence-electron chi connectivity index (χ3n) is 1.77. The summed E-state index contributed by atoms with van der Waals surface area (Å²) in [7, 11) is 0. The molecule has 0 fully saturated rings. The SMILES string of the molecule is CC(C)(C)ON=C(C(=O)OC(C)(C)C)c1csc(N)n1. The molecule has 2 N–H and O–H groups in total. The van der Waals surface area contributed by atoms with Crippen LogP contribution in [0.1, 0.15) is 47.2 Å². The van der Waals surface area contributed by atoms with E-state index in [0.29, 0.717) is 10.8 Å². The summed E-state index contributed by atoms with van der Waals surface area (Å²) in [5, 5.41) is 5.89. The normalized spacial score (nSPS) is 13.2. The van der Waals surface area contributed by atoms with E-state index in [9.17, 15) is 4.79 Å². The first kappa shape index (κ1) is 16.4. The standard InChI is InChI=1S/C13H21N3O3S/c1-12(2,3)18-10(17)9(16-19-13(4,5)6)8-7-20-11(14)15-8/h7H,1-6H3,(H2,14,15). The number of oxime groups is 1. The predicted molar refractivity (Wildman–Crippen MR) is 79.7 cm³/mol. The molecular formula is C13H21N3O3S. The Balaban J connectivity index is 3.05. The lowest BCUT2D eigenvalue weighted by Crippen LogP contribution is -2.30. The van der Waals surface area contributed by atoms with Gasteiger partial charge in [0.05, 0.1) is 0 Å². The number of carbonyl (C=O) groups is 1. The molecule has 112 valence electrons. The summed E-state index contributed by atoms with van der Waals surface area (Å²) in [5.74, 6) is -0.591. The molecule has 0 aliphatic carbocycles. The van der Waals surface area contributed by atoms with Crippen molar-refractivity contribution in [3.8, 4) is 0 Å². The quantitative estimate of drug-likeness (QED) is 0.526.